The molecular weight excluding hydrogens is 256 g/mol. The maximum Gasteiger partial charge on any atom is 0.252 e. The van der Waals surface area contributed by atoms with Crippen LogP contribution in [0.4, 0.5) is 0 Å². The Morgan fingerprint density at radius 1 is 1.21 bits per heavy atom. The van der Waals surface area contributed by atoms with E-state index in [4.69, 9.17) is 0 Å². The summed E-state index contributed by atoms with van der Waals surface area (Å²) in [4.78, 5) is 16.8. The zero-order valence-corrected chi connectivity index (χ0v) is 11.4. The van der Waals surface area contributed by atoms with Crippen molar-refractivity contribution >= 4 is 23.7 Å². The van der Waals surface area contributed by atoms with Crippen LogP contribution in [-0.2, 0) is 0 Å². The summed E-state index contributed by atoms with van der Waals surface area (Å²) in [6, 6.07) is 13.3. The highest BCUT2D eigenvalue weighted by Gasteiger charge is 2.07. The van der Waals surface area contributed by atoms with E-state index in [0.29, 0.717) is 5.56 Å². The van der Waals surface area contributed by atoms with Crippen LogP contribution < -0.4 is 5.32 Å². The zero-order chi connectivity index (χ0) is 13.5. The van der Waals surface area contributed by atoms with Crippen LogP contribution in [0.15, 0.2) is 59.0 Å². The molecule has 0 unspecified atom stereocenters. The number of hydrogen-bond donors (Lipinski definition) is 1. The molecule has 2 rings (SSSR count). The molecule has 0 fully saturated rings. The molecule has 1 aromatic heterocycles. The summed E-state index contributed by atoms with van der Waals surface area (Å²) in [6.07, 6.45) is 3.67. The van der Waals surface area contributed by atoms with Crippen molar-refractivity contribution in [1.29, 1.82) is 0 Å². The summed E-state index contributed by atoms with van der Waals surface area (Å²) in [7, 11) is 1.63. The van der Waals surface area contributed by atoms with Gasteiger partial charge in [-0.15, -0.1) is 0 Å². The minimum atomic E-state index is -0.0747. The van der Waals surface area contributed by atoms with Gasteiger partial charge in [0.25, 0.3) is 5.91 Å². The largest absolute Gasteiger partial charge is 0.355 e. The smallest absolute Gasteiger partial charge is 0.252 e. The Hall–Kier alpha value is -2.07. The van der Waals surface area contributed by atoms with Gasteiger partial charge in [0.2, 0.25) is 0 Å². The fourth-order valence-electron chi connectivity index (χ4n) is 1.54. The SMILES string of the molecule is CNC(=O)c1ccccc1S/C=C/c1ccccn1. The molecule has 0 spiro atoms. The van der Waals surface area contributed by atoms with Gasteiger partial charge in [-0.1, -0.05) is 30.0 Å². The van der Waals surface area contributed by atoms with Gasteiger partial charge in [0.15, 0.2) is 0 Å². The van der Waals surface area contributed by atoms with Gasteiger partial charge in [-0.2, -0.15) is 0 Å². The molecule has 0 radical (unpaired) electrons. The Bertz CT molecular complexity index is 582. The summed E-state index contributed by atoms with van der Waals surface area (Å²) in [5, 5.41) is 4.58. The van der Waals surface area contributed by atoms with Crippen molar-refractivity contribution in [2.24, 2.45) is 0 Å². The second-order valence-electron chi connectivity index (χ2n) is 3.75. The molecule has 0 saturated heterocycles. The van der Waals surface area contributed by atoms with Crippen molar-refractivity contribution in [1.82, 2.24) is 10.3 Å². The van der Waals surface area contributed by atoms with E-state index in [1.165, 1.54) is 11.8 Å². The van der Waals surface area contributed by atoms with Gasteiger partial charge in [0, 0.05) is 18.1 Å². The first-order chi connectivity index (χ1) is 9.31. The monoisotopic (exact) mass is 270 g/mol. The third-order valence-electron chi connectivity index (χ3n) is 2.48. The maximum absolute atomic E-state index is 11.7. The van der Waals surface area contributed by atoms with E-state index >= 15 is 0 Å². The van der Waals surface area contributed by atoms with E-state index in [1.54, 1.807) is 13.2 Å². The maximum atomic E-state index is 11.7. The average Bonchev–Trinajstić information content (AvgIpc) is 2.48. The van der Waals surface area contributed by atoms with Gasteiger partial charge < -0.3 is 5.32 Å². The number of nitrogens with zero attached hydrogens (tertiary/aromatic N) is 1. The minimum absolute atomic E-state index is 0.0747. The van der Waals surface area contributed by atoms with Crippen molar-refractivity contribution in [2.75, 3.05) is 7.05 Å². The summed E-state index contributed by atoms with van der Waals surface area (Å²) in [6.45, 7) is 0. The summed E-state index contributed by atoms with van der Waals surface area (Å²) in [5.41, 5.74) is 1.58. The Kier molecular flexibility index (Phi) is 4.75. The Morgan fingerprint density at radius 3 is 2.74 bits per heavy atom. The van der Waals surface area contributed by atoms with Crippen LogP contribution in [0.5, 0.6) is 0 Å². The predicted octanol–water partition coefficient (Wildman–Crippen LogP) is 3.20. The first-order valence-electron chi connectivity index (χ1n) is 5.86. The van der Waals surface area contributed by atoms with E-state index in [-0.39, 0.29) is 5.91 Å². The molecule has 1 heterocycles. The lowest BCUT2D eigenvalue weighted by atomic mass is 10.2. The van der Waals surface area contributed by atoms with Crippen LogP contribution in [0.3, 0.4) is 0 Å². The number of nitrogens with one attached hydrogen (secondary N) is 1. The fourth-order valence-corrected chi connectivity index (χ4v) is 2.34. The van der Waals surface area contributed by atoms with Crippen LogP contribution in [-0.4, -0.2) is 17.9 Å². The number of rotatable bonds is 4. The molecule has 1 amide bonds. The topological polar surface area (TPSA) is 42.0 Å². The third kappa shape index (κ3) is 3.69. The lowest BCUT2D eigenvalue weighted by molar-refractivity contribution is 0.0960. The predicted molar refractivity (Wildman–Crippen MR) is 79.0 cm³/mol. The van der Waals surface area contributed by atoms with Crippen molar-refractivity contribution in [3.05, 3.63) is 65.3 Å². The number of pyridine rings is 1. The second-order valence-corrected chi connectivity index (χ2v) is 4.70. The molecule has 96 valence electrons. The van der Waals surface area contributed by atoms with Gasteiger partial charge in [-0.3, -0.25) is 9.78 Å². The minimum Gasteiger partial charge on any atom is -0.355 e. The van der Waals surface area contributed by atoms with Crippen LogP contribution in [0.1, 0.15) is 16.1 Å². The number of carbonyl (C=O) groups excluding carboxylic acids is 1. The van der Waals surface area contributed by atoms with Gasteiger partial charge in [0.05, 0.1) is 11.3 Å². The Morgan fingerprint density at radius 2 is 2.00 bits per heavy atom. The number of carbonyl (C=O) groups is 1. The van der Waals surface area contributed by atoms with E-state index in [9.17, 15) is 4.79 Å². The molecule has 0 aliphatic carbocycles. The van der Waals surface area contributed by atoms with Crippen molar-refractivity contribution in [3.63, 3.8) is 0 Å². The molecule has 0 bridgehead atoms. The highest BCUT2D eigenvalue weighted by Crippen LogP contribution is 2.24. The fraction of sp³-hybridized carbons (Fsp3) is 0.0667. The average molecular weight is 270 g/mol. The Labute approximate surface area is 116 Å². The summed E-state index contributed by atoms with van der Waals surface area (Å²) in [5.74, 6) is -0.0747. The number of amides is 1. The van der Waals surface area contributed by atoms with Crippen LogP contribution in [0.2, 0.25) is 0 Å². The summed E-state index contributed by atoms with van der Waals surface area (Å²) >= 11 is 1.50. The van der Waals surface area contributed by atoms with E-state index in [2.05, 4.69) is 10.3 Å². The number of aromatic nitrogens is 1. The normalized spacial score (nSPS) is 10.6. The van der Waals surface area contributed by atoms with Crippen molar-refractivity contribution in [3.8, 4) is 0 Å². The number of benzene rings is 1. The molecule has 1 N–H and O–H groups in total. The third-order valence-corrected chi connectivity index (χ3v) is 3.36. The second kappa shape index (κ2) is 6.75. The molecule has 0 saturated carbocycles. The van der Waals surface area contributed by atoms with Gasteiger partial charge in [-0.05, 0) is 35.7 Å². The van der Waals surface area contributed by atoms with E-state index in [1.807, 2.05) is 53.9 Å². The lowest BCUT2D eigenvalue weighted by Gasteiger charge is -2.04. The molecule has 3 nitrogen and oxygen atoms in total. The van der Waals surface area contributed by atoms with Crippen LogP contribution in [0.25, 0.3) is 6.08 Å². The molecule has 0 aliphatic heterocycles. The van der Waals surface area contributed by atoms with E-state index in [0.717, 1.165) is 10.6 Å². The van der Waals surface area contributed by atoms with E-state index < -0.39 is 0 Å². The van der Waals surface area contributed by atoms with Crippen LogP contribution >= 0.6 is 11.8 Å². The molecule has 4 heteroatoms. The molecular formula is C15H14N2OS. The zero-order valence-electron chi connectivity index (χ0n) is 10.5. The standard InChI is InChI=1S/C15H14N2OS/c1-16-15(18)13-7-2-3-8-14(13)19-11-9-12-6-4-5-10-17-12/h2-11H,1H3,(H,16,18)/b11-9+. The highest BCUT2D eigenvalue weighted by molar-refractivity contribution is 8.02. The number of thioether (sulfide) groups is 1. The molecule has 2 aromatic rings. The van der Waals surface area contributed by atoms with Crippen molar-refractivity contribution in [2.45, 2.75) is 4.90 Å². The highest BCUT2D eigenvalue weighted by atomic mass is 32.2. The Balaban J connectivity index is 2.12. The van der Waals surface area contributed by atoms with Crippen molar-refractivity contribution < 1.29 is 4.79 Å². The van der Waals surface area contributed by atoms with Gasteiger partial charge >= 0.3 is 0 Å². The number of hydrogen-bond acceptors (Lipinski definition) is 3. The molecule has 0 atom stereocenters. The first kappa shape index (κ1) is 13.4. The summed E-state index contributed by atoms with van der Waals surface area (Å²) < 4.78 is 0. The molecule has 1 aromatic carbocycles. The first-order valence-corrected chi connectivity index (χ1v) is 6.74. The van der Waals surface area contributed by atoms with Gasteiger partial charge in [0.1, 0.15) is 0 Å². The molecule has 19 heavy (non-hydrogen) atoms. The van der Waals surface area contributed by atoms with Crippen LogP contribution in [0, 0.1) is 0 Å². The lowest BCUT2D eigenvalue weighted by Crippen LogP contribution is -2.18. The molecule has 0 aliphatic rings. The quantitative estimate of drug-likeness (QED) is 0.867. The van der Waals surface area contributed by atoms with Gasteiger partial charge in [-0.25, -0.2) is 0 Å².